The topological polar surface area (TPSA) is 79.6 Å². The van der Waals surface area contributed by atoms with Crippen LogP contribution in [0, 0.1) is 11.3 Å². The number of aromatic nitrogens is 1. The van der Waals surface area contributed by atoms with Gasteiger partial charge in [-0.3, -0.25) is 9.88 Å². The maximum Gasteiger partial charge on any atom is 0.161 e. The molecule has 7 heteroatoms. The van der Waals surface area contributed by atoms with Crippen molar-refractivity contribution in [1.29, 1.82) is 5.26 Å². The van der Waals surface area contributed by atoms with E-state index < -0.39 is 0 Å². The van der Waals surface area contributed by atoms with E-state index in [0.29, 0.717) is 23.7 Å². The van der Waals surface area contributed by atoms with Gasteiger partial charge >= 0.3 is 0 Å². The first-order chi connectivity index (χ1) is 16.7. The molecule has 0 unspecified atom stereocenters. The molecule has 0 bridgehead atoms. The van der Waals surface area contributed by atoms with Crippen LogP contribution in [0.5, 0.6) is 11.5 Å². The second kappa shape index (κ2) is 9.96. The average molecular weight is 455 g/mol. The summed E-state index contributed by atoms with van der Waals surface area (Å²) in [7, 11) is 1.65. The van der Waals surface area contributed by atoms with Gasteiger partial charge in [0.15, 0.2) is 11.5 Å². The Hall–Kier alpha value is -3.86. The van der Waals surface area contributed by atoms with Crippen LogP contribution < -0.4 is 14.8 Å². The monoisotopic (exact) mass is 454 g/mol. The molecule has 5 rings (SSSR count). The summed E-state index contributed by atoms with van der Waals surface area (Å²) >= 11 is 0. The quantitative estimate of drug-likeness (QED) is 0.405. The van der Waals surface area contributed by atoms with Gasteiger partial charge in [-0.25, -0.2) is 0 Å². The van der Waals surface area contributed by atoms with E-state index in [0.717, 1.165) is 65.9 Å². The summed E-state index contributed by atoms with van der Waals surface area (Å²) in [4.78, 5) is 6.88. The average Bonchev–Trinajstić information content (AvgIpc) is 2.88. The molecular weight excluding hydrogens is 428 g/mol. The molecule has 0 spiro atoms. The van der Waals surface area contributed by atoms with Crippen LogP contribution in [-0.2, 0) is 4.74 Å². The van der Waals surface area contributed by atoms with Gasteiger partial charge in [-0.1, -0.05) is 18.2 Å². The Morgan fingerprint density at radius 2 is 1.82 bits per heavy atom. The van der Waals surface area contributed by atoms with Crippen molar-refractivity contribution in [1.82, 2.24) is 9.88 Å². The third kappa shape index (κ3) is 4.60. The molecule has 7 nitrogen and oxygen atoms in total. The minimum Gasteiger partial charge on any atom is -0.493 e. The van der Waals surface area contributed by atoms with E-state index in [1.165, 1.54) is 0 Å². The van der Waals surface area contributed by atoms with E-state index in [4.69, 9.17) is 14.2 Å². The normalized spacial score (nSPS) is 14.1. The van der Waals surface area contributed by atoms with E-state index in [2.05, 4.69) is 21.3 Å². The highest BCUT2D eigenvalue weighted by molar-refractivity contribution is 6.04. The summed E-state index contributed by atoms with van der Waals surface area (Å²) in [5.74, 6) is 1.38. The molecule has 0 saturated carbocycles. The maximum absolute atomic E-state index is 9.69. The summed E-state index contributed by atoms with van der Waals surface area (Å²) in [5, 5.41) is 15.9. The van der Waals surface area contributed by atoms with Crippen LogP contribution in [-0.4, -0.2) is 56.4 Å². The smallest absolute Gasteiger partial charge is 0.161 e. The zero-order valence-electron chi connectivity index (χ0n) is 19.1. The number of pyridine rings is 1. The number of benzene rings is 3. The van der Waals surface area contributed by atoms with Gasteiger partial charge in [-0.2, -0.15) is 5.26 Å². The number of morpholine rings is 1. The van der Waals surface area contributed by atoms with Gasteiger partial charge < -0.3 is 19.5 Å². The Bertz CT molecular complexity index is 1350. The van der Waals surface area contributed by atoms with Crippen LogP contribution in [0.15, 0.2) is 60.8 Å². The number of hydrogen-bond acceptors (Lipinski definition) is 7. The fraction of sp³-hybridized carbons (Fsp3) is 0.259. The van der Waals surface area contributed by atoms with Crippen molar-refractivity contribution in [2.24, 2.45) is 0 Å². The standard InChI is InChI=1S/C27H26N4O3/c1-32-25-15-19-13-23-24(29-18-21(17-28)27(23)30-22-5-3-2-4-6-22)14-20(19)16-26(25)34-12-9-31-7-10-33-11-8-31/h2-6,13-16,18H,7-12H2,1H3,(H,29,30). The largest absolute Gasteiger partial charge is 0.493 e. The Morgan fingerprint density at radius 3 is 2.59 bits per heavy atom. The van der Waals surface area contributed by atoms with Crippen molar-refractivity contribution in [2.45, 2.75) is 0 Å². The number of nitriles is 1. The van der Waals surface area contributed by atoms with Gasteiger partial charge in [0.2, 0.25) is 0 Å². The molecule has 1 aliphatic rings. The number of hydrogen-bond donors (Lipinski definition) is 1. The zero-order chi connectivity index (χ0) is 23.3. The van der Waals surface area contributed by atoms with Crippen molar-refractivity contribution in [3.63, 3.8) is 0 Å². The Kier molecular flexibility index (Phi) is 6.43. The maximum atomic E-state index is 9.69. The Labute approximate surface area is 198 Å². The molecule has 0 aliphatic carbocycles. The number of para-hydroxylation sites is 1. The van der Waals surface area contributed by atoms with Crippen LogP contribution in [0.3, 0.4) is 0 Å². The summed E-state index contributed by atoms with van der Waals surface area (Å²) in [6, 6.07) is 20.1. The highest BCUT2D eigenvalue weighted by atomic mass is 16.5. The molecule has 1 aromatic heterocycles. The number of nitrogens with one attached hydrogen (secondary N) is 1. The van der Waals surface area contributed by atoms with Crippen LogP contribution in [0.2, 0.25) is 0 Å². The number of ether oxygens (including phenoxy) is 3. The molecule has 0 amide bonds. The lowest BCUT2D eigenvalue weighted by atomic mass is 10.0. The van der Waals surface area contributed by atoms with Gasteiger partial charge in [0.05, 0.1) is 37.1 Å². The van der Waals surface area contributed by atoms with Crippen LogP contribution >= 0.6 is 0 Å². The van der Waals surface area contributed by atoms with E-state index >= 15 is 0 Å². The first-order valence-corrected chi connectivity index (χ1v) is 11.3. The predicted molar refractivity (Wildman–Crippen MR) is 133 cm³/mol. The molecule has 2 heterocycles. The summed E-state index contributed by atoms with van der Waals surface area (Å²) < 4.78 is 17.2. The minimum absolute atomic E-state index is 0.491. The third-order valence-corrected chi connectivity index (χ3v) is 6.04. The Balaban J connectivity index is 1.49. The van der Waals surface area contributed by atoms with E-state index in [-0.39, 0.29) is 0 Å². The van der Waals surface area contributed by atoms with Crippen molar-refractivity contribution >= 4 is 33.1 Å². The molecular formula is C27H26N4O3. The molecule has 1 aliphatic heterocycles. The van der Waals surface area contributed by atoms with E-state index in [1.807, 2.05) is 54.6 Å². The molecule has 1 fully saturated rings. The van der Waals surface area contributed by atoms with Crippen LogP contribution in [0.1, 0.15) is 5.56 Å². The van der Waals surface area contributed by atoms with E-state index in [9.17, 15) is 5.26 Å². The van der Waals surface area contributed by atoms with Gasteiger partial charge in [0.25, 0.3) is 0 Å². The summed E-state index contributed by atoms with van der Waals surface area (Å²) in [5.41, 5.74) is 2.94. The lowest BCUT2D eigenvalue weighted by Crippen LogP contribution is -2.38. The Morgan fingerprint density at radius 1 is 1.06 bits per heavy atom. The molecule has 34 heavy (non-hydrogen) atoms. The van der Waals surface area contributed by atoms with Crippen LogP contribution in [0.4, 0.5) is 11.4 Å². The predicted octanol–water partition coefficient (Wildman–Crippen LogP) is 4.72. The van der Waals surface area contributed by atoms with Gasteiger partial charge in [0, 0.05) is 36.9 Å². The third-order valence-electron chi connectivity index (χ3n) is 6.04. The number of nitrogens with zero attached hydrogens (tertiary/aromatic N) is 3. The number of anilines is 2. The highest BCUT2D eigenvalue weighted by Gasteiger charge is 2.14. The SMILES string of the molecule is COc1cc2cc3c(Nc4ccccc4)c(C#N)cnc3cc2cc1OCCN1CCOCC1. The highest BCUT2D eigenvalue weighted by Crippen LogP contribution is 2.37. The molecule has 1 N–H and O–H groups in total. The van der Waals surface area contributed by atoms with Crippen LogP contribution in [0.25, 0.3) is 21.7 Å². The fourth-order valence-corrected chi connectivity index (χ4v) is 4.21. The molecule has 1 saturated heterocycles. The van der Waals surface area contributed by atoms with Crippen molar-refractivity contribution in [2.75, 3.05) is 51.9 Å². The van der Waals surface area contributed by atoms with E-state index in [1.54, 1.807) is 13.3 Å². The lowest BCUT2D eigenvalue weighted by molar-refractivity contribution is 0.0321. The van der Waals surface area contributed by atoms with Crippen molar-refractivity contribution < 1.29 is 14.2 Å². The summed E-state index contributed by atoms with van der Waals surface area (Å²) in [6.45, 7) is 4.82. The van der Waals surface area contributed by atoms with Gasteiger partial charge in [0.1, 0.15) is 12.7 Å². The van der Waals surface area contributed by atoms with Gasteiger partial charge in [-0.05, 0) is 47.2 Å². The molecule has 0 atom stereocenters. The fourth-order valence-electron chi connectivity index (χ4n) is 4.21. The zero-order valence-corrected chi connectivity index (χ0v) is 19.1. The number of rotatable bonds is 7. The molecule has 4 aromatic rings. The number of methoxy groups -OCH3 is 1. The minimum atomic E-state index is 0.491. The van der Waals surface area contributed by atoms with Crippen molar-refractivity contribution in [3.05, 3.63) is 66.4 Å². The summed E-state index contributed by atoms with van der Waals surface area (Å²) in [6.07, 6.45) is 1.61. The molecule has 172 valence electrons. The first-order valence-electron chi connectivity index (χ1n) is 11.3. The van der Waals surface area contributed by atoms with Crippen molar-refractivity contribution in [3.8, 4) is 17.6 Å². The number of fused-ring (bicyclic) bond motifs is 2. The second-order valence-electron chi connectivity index (χ2n) is 8.17. The first kappa shape index (κ1) is 22.0. The lowest BCUT2D eigenvalue weighted by Gasteiger charge is -2.26. The van der Waals surface area contributed by atoms with Gasteiger partial charge in [-0.15, -0.1) is 0 Å². The second-order valence-corrected chi connectivity index (χ2v) is 8.17. The molecule has 0 radical (unpaired) electrons. The molecule has 3 aromatic carbocycles.